The van der Waals surface area contributed by atoms with Gasteiger partial charge in [-0.1, -0.05) is 32.4 Å². The first-order chi connectivity index (χ1) is 9.18. The Bertz CT molecular complexity index is 458. The molecule has 2 N–H and O–H groups in total. The lowest BCUT2D eigenvalue weighted by atomic mass is 9.54. The van der Waals surface area contributed by atoms with E-state index < -0.39 is 0 Å². The molecule has 1 aromatic carbocycles. The summed E-state index contributed by atoms with van der Waals surface area (Å²) in [5.74, 6) is 0.812. The summed E-state index contributed by atoms with van der Waals surface area (Å²) in [5.41, 5.74) is 6.71. The molecule has 2 unspecified atom stereocenters. The number of amides is 1. The second-order valence-electron chi connectivity index (χ2n) is 4.98. The van der Waals surface area contributed by atoms with Crippen LogP contribution in [0.25, 0.3) is 0 Å². The van der Waals surface area contributed by atoms with Gasteiger partial charge in [0.25, 0.3) is 0 Å². The summed E-state index contributed by atoms with van der Waals surface area (Å²) in [4.78, 5) is 8.58. The molecule has 0 aliphatic heterocycles. The Morgan fingerprint density at radius 1 is 1.53 bits per heavy atom. The van der Waals surface area contributed by atoms with E-state index in [0.29, 0.717) is 5.41 Å². The highest BCUT2D eigenvalue weighted by Gasteiger charge is 2.45. The molecule has 1 aliphatic rings. The fraction of sp³-hybridized carbons (Fsp3) is 0.500. The van der Waals surface area contributed by atoms with Crippen LogP contribution in [0.3, 0.4) is 0 Å². The summed E-state index contributed by atoms with van der Waals surface area (Å²) in [5, 5.41) is 8.96. The zero-order valence-electron chi connectivity index (χ0n) is 11.7. The van der Waals surface area contributed by atoms with E-state index in [4.69, 9.17) is 10.1 Å². The van der Waals surface area contributed by atoms with Crippen LogP contribution in [0.1, 0.15) is 50.7 Å². The lowest BCUT2D eigenvalue weighted by Crippen LogP contribution is -2.43. The SMILES string of the molecule is CCC1CCC1(CC)c1cccc(C#N)c1.NC=O. The normalized spacial score (nSPS) is 24.4. The largest absolute Gasteiger partial charge is 0.372 e. The van der Waals surface area contributed by atoms with Crippen LogP contribution in [-0.4, -0.2) is 6.41 Å². The van der Waals surface area contributed by atoms with Crippen molar-refractivity contribution in [3.05, 3.63) is 35.4 Å². The highest BCUT2D eigenvalue weighted by atomic mass is 16.1. The summed E-state index contributed by atoms with van der Waals surface area (Å²) in [6, 6.07) is 10.5. The van der Waals surface area contributed by atoms with Crippen LogP contribution in [-0.2, 0) is 10.2 Å². The molecule has 0 radical (unpaired) electrons. The van der Waals surface area contributed by atoms with Gasteiger partial charge in [-0.05, 0) is 48.3 Å². The van der Waals surface area contributed by atoms with Gasteiger partial charge in [-0.25, -0.2) is 0 Å². The quantitative estimate of drug-likeness (QED) is 0.846. The van der Waals surface area contributed by atoms with Gasteiger partial charge in [-0.2, -0.15) is 5.26 Å². The van der Waals surface area contributed by atoms with E-state index in [1.54, 1.807) is 0 Å². The molecule has 1 fully saturated rings. The third kappa shape index (κ3) is 2.96. The van der Waals surface area contributed by atoms with Crippen LogP contribution < -0.4 is 5.73 Å². The molecule has 0 bridgehead atoms. The molecule has 3 heteroatoms. The van der Waals surface area contributed by atoms with E-state index in [2.05, 4.69) is 37.8 Å². The summed E-state index contributed by atoms with van der Waals surface area (Å²) in [6.45, 7) is 4.56. The smallest absolute Gasteiger partial charge is 0.204 e. The number of nitriles is 1. The Labute approximate surface area is 115 Å². The molecule has 1 aromatic rings. The minimum atomic E-state index is 0.250. The number of primary amides is 1. The second-order valence-corrected chi connectivity index (χ2v) is 4.98. The maximum atomic E-state index is 8.96. The molecule has 3 nitrogen and oxygen atoms in total. The van der Waals surface area contributed by atoms with E-state index >= 15 is 0 Å². The topological polar surface area (TPSA) is 66.9 Å². The van der Waals surface area contributed by atoms with Crippen molar-refractivity contribution in [2.45, 2.75) is 44.9 Å². The molecule has 2 rings (SSSR count). The maximum Gasteiger partial charge on any atom is 0.204 e. The maximum absolute atomic E-state index is 8.96. The number of carbonyl (C=O) groups excluding carboxylic acids is 1. The standard InChI is InChI=1S/C15H19N.CH3NO/c1-3-13-8-9-15(13,4-2)14-7-5-6-12(10-14)11-16;2-1-3/h5-7,10,13H,3-4,8-9H2,1-2H3;1H,(H2,2,3). The van der Waals surface area contributed by atoms with Crippen LogP contribution >= 0.6 is 0 Å². The highest BCUT2D eigenvalue weighted by molar-refractivity contribution is 5.42. The number of benzene rings is 1. The predicted octanol–water partition coefficient (Wildman–Crippen LogP) is 3.13. The van der Waals surface area contributed by atoms with E-state index in [0.717, 1.165) is 11.5 Å². The van der Waals surface area contributed by atoms with Gasteiger partial charge in [0.15, 0.2) is 0 Å². The minimum absolute atomic E-state index is 0.250. The number of carbonyl (C=O) groups is 1. The Morgan fingerprint density at radius 3 is 2.63 bits per heavy atom. The fourth-order valence-electron chi connectivity index (χ4n) is 3.24. The highest BCUT2D eigenvalue weighted by Crippen LogP contribution is 2.52. The van der Waals surface area contributed by atoms with Gasteiger partial charge in [0.05, 0.1) is 11.6 Å². The summed E-state index contributed by atoms with van der Waals surface area (Å²) in [6.07, 6.45) is 5.34. The van der Waals surface area contributed by atoms with Crippen molar-refractivity contribution in [2.24, 2.45) is 11.7 Å². The zero-order valence-corrected chi connectivity index (χ0v) is 11.7. The van der Waals surface area contributed by atoms with Crippen molar-refractivity contribution >= 4 is 6.41 Å². The third-order valence-electron chi connectivity index (χ3n) is 4.41. The molecular formula is C16H22N2O. The molecular weight excluding hydrogens is 236 g/mol. The monoisotopic (exact) mass is 258 g/mol. The first-order valence-corrected chi connectivity index (χ1v) is 6.84. The minimum Gasteiger partial charge on any atom is -0.372 e. The number of nitrogens with zero attached hydrogens (tertiary/aromatic N) is 1. The average Bonchev–Trinajstić information content (AvgIpc) is 2.40. The van der Waals surface area contributed by atoms with Gasteiger partial charge in [-0.3, -0.25) is 4.79 Å². The third-order valence-corrected chi connectivity index (χ3v) is 4.41. The van der Waals surface area contributed by atoms with E-state index in [1.165, 1.54) is 31.2 Å². The lowest BCUT2D eigenvalue weighted by molar-refractivity contribution is -0.106. The Hall–Kier alpha value is -1.82. The molecule has 1 amide bonds. The molecule has 19 heavy (non-hydrogen) atoms. The van der Waals surface area contributed by atoms with E-state index in [1.807, 2.05) is 12.1 Å². The van der Waals surface area contributed by atoms with Crippen molar-refractivity contribution in [1.82, 2.24) is 0 Å². The van der Waals surface area contributed by atoms with Gasteiger partial charge in [0.1, 0.15) is 0 Å². The fourth-order valence-corrected chi connectivity index (χ4v) is 3.24. The molecule has 0 heterocycles. The molecule has 1 saturated carbocycles. The van der Waals surface area contributed by atoms with Gasteiger partial charge in [0, 0.05) is 0 Å². The Morgan fingerprint density at radius 2 is 2.21 bits per heavy atom. The van der Waals surface area contributed by atoms with Crippen molar-refractivity contribution in [1.29, 1.82) is 5.26 Å². The molecule has 2 atom stereocenters. The summed E-state index contributed by atoms with van der Waals surface area (Å²) in [7, 11) is 0. The van der Waals surface area contributed by atoms with Crippen LogP contribution in [0.4, 0.5) is 0 Å². The number of hydrogen-bond acceptors (Lipinski definition) is 2. The lowest BCUT2D eigenvalue weighted by Gasteiger charge is -2.50. The first kappa shape index (κ1) is 15.2. The van der Waals surface area contributed by atoms with Gasteiger partial charge < -0.3 is 5.73 Å². The van der Waals surface area contributed by atoms with Crippen molar-refractivity contribution in [2.75, 3.05) is 0 Å². The molecule has 102 valence electrons. The second kappa shape index (κ2) is 6.94. The Balaban J connectivity index is 0.000000550. The molecule has 0 aromatic heterocycles. The summed E-state index contributed by atoms with van der Waals surface area (Å²) < 4.78 is 0. The molecule has 0 spiro atoms. The average molecular weight is 258 g/mol. The van der Waals surface area contributed by atoms with Crippen molar-refractivity contribution < 1.29 is 4.79 Å². The summed E-state index contributed by atoms with van der Waals surface area (Å²) >= 11 is 0. The van der Waals surface area contributed by atoms with Crippen LogP contribution in [0.5, 0.6) is 0 Å². The van der Waals surface area contributed by atoms with Gasteiger partial charge in [-0.15, -0.1) is 0 Å². The number of nitrogens with two attached hydrogens (primary N) is 1. The van der Waals surface area contributed by atoms with E-state index in [9.17, 15) is 0 Å². The van der Waals surface area contributed by atoms with E-state index in [-0.39, 0.29) is 6.41 Å². The van der Waals surface area contributed by atoms with Crippen molar-refractivity contribution in [3.8, 4) is 6.07 Å². The van der Waals surface area contributed by atoms with Crippen molar-refractivity contribution in [3.63, 3.8) is 0 Å². The van der Waals surface area contributed by atoms with Crippen LogP contribution in [0, 0.1) is 17.2 Å². The van der Waals surface area contributed by atoms with Gasteiger partial charge in [0.2, 0.25) is 6.41 Å². The molecule has 0 saturated heterocycles. The Kier molecular flexibility index (Phi) is 5.57. The van der Waals surface area contributed by atoms with Gasteiger partial charge >= 0.3 is 0 Å². The first-order valence-electron chi connectivity index (χ1n) is 6.84. The molecule has 1 aliphatic carbocycles. The number of rotatable bonds is 3. The van der Waals surface area contributed by atoms with Crippen LogP contribution in [0.2, 0.25) is 0 Å². The predicted molar refractivity (Wildman–Crippen MR) is 76.4 cm³/mol. The van der Waals surface area contributed by atoms with Crippen LogP contribution in [0.15, 0.2) is 24.3 Å². The zero-order chi connectivity index (χ0) is 14.3. The number of hydrogen-bond donors (Lipinski definition) is 1.